The first-order chi connectivity index (χ1) is 3.97. The third-order valence-corrected chi connectivity index (χ3v) is 2.50. The van der Waals surface area contributed by atoms with Gasteiger partial charge in [-0.15, -0.1) is 11.6 Å². The van der Waals surface area contributed by atoms with Gasteiger partial charge in [0, 0.05) is 4.87 Å². The monoisotopic (exact) mass is 145 g/mol. The molecule has 1 radical (unpaired) electrons. The van der Waals surface area contributed by atoms with Gasteiger partial charge in [0.25, 0.3) is 0 Å². The Morgan fingerprint density at radius 2 is 2.00 bits per heavy atom. The molecule has 1 atom stereocenters. The normalized spacial score (nSPS) is 29.3. The molecule has 0 nitrogen and oxygen atoms in total. The van der Waals surface area contributed by atoms with E-state index in [1.54, 1.807) is 0 Å². The Labute approximate surface area is 62.6 Å². The summed E-state index contributed by atoms with van der Waals surface area (Å²) < 4.78 is 0. The average Bonchev–Trinajstić information content (AvgIpc) is 1.61. The molecule has 0 aliphatic heterocycles. The van der Waals surface area contributed by atoms with Crippen molar-refractivity contribution in [2.45, 2.75) is 38.5 Å². The highest BCUT2D eigenvalue weighted by molar-refractivity contribution is 6.25. The van der Waals surface area contributed by atoms with Crippen molar-refractivity contribution in [2.24, 2.45) is 5.41 Å². The molecule has 0 aromatic heterocycles. The van der Waals surface area contributed by atoms with E-state index in [1.165, 1.54) is 0 Å². The van der Waals surface area contributed by atoms with E-state index < -0.39 is 0 Å². The predicted molar refractivity (Wildman–Crippen MR) is 41.6 cm³/mol. The lowest BCUT2D eigenvalue weighted by molar-refractivity contribution is 0.218. The van der Waals surface area contributed by atoms with E-state index in [0.717, 1.165) is 12.8 Å². The number of rotatable bonds is 1. The maximum absolute atomic E-state index is 6.12. The second kappa shape index (κ2) is 1.88. The van der Waals surface area contributed by atoms with Crippen molar-refractivity contribution in [3.8, 4) is 0 Å². The molecule has 1 rings (SSSR count). The van der Waals surface area contributed by atoms with Crippen molar-refractivity contribution in [3.63, 3.8) is 0 Å². The fourth-order valence-corrected chi connectivity index (χ4v) is 2.30. The summed E-state index contributed by atoms with van der Waals surface area (Å²) in [4.78, 5) is 0.0451. The van der Waals surface area contributed by atoms with Gasteiger partial charge in [0.05, 0.1) is 0 Å². The van der Waals surface area contributed by atoms with Gasteiger partial charge in [-0.05, 0) is 24.7 Å². The van der Waals surface area contributed by atoms with E-state index in [2.05, 4.69) is 27.2 Å². The molecule has 1 unspecified atom stereocenters. The van der Waals surface area contributed by atoms with Crippen LogP contribution in [-0.4, -0.2) is 4.87 Å². The molecule has 9 heavy (non-hydrogen) atoms. The van der Waals surface area contributed by atoms with Crippen LogP contribution in [0, 0.1) is 11.8 Å². The molecule has 0 aromatic carbocycles. The molecule has 1 fully saturated rings. The lowest BCUT2D eigenvalue weighted by Crippen LogP contribution is -2.44. The first-order valence-electron chi connectivity index (χ1n) is 3.53. The highest BCUT2D eigenvalue weighted by atomic mass is 35.5. The van der Waals surface area contributed by atoms with Crippen LogP contribution in [0.2, 0.25) is 0 Å². The molecule has 0 spiro atoms. The summed E-state index contributed by atoms with van der Waals surface area (Å²) in [5.41, 5.74) is 0.401. The van der Waals surface area contributed by atoms with Crippen molar-refractivity contribution in [2.75, 3.05) is 0 Å². The Balaban J connectivity index is 2.41. The smallest absolute Gasteiger partial charge is 0.0486 e. The van der Waals surface area contributed by atoms with E-state index in [-0.39, 0.29) is 4.87 Å². The van der Waals surface area contributed by atoms with Crippen LogP contribution in [0.5, 0.6) is 0 Å². The Kier molecular flexibility index (Phi) is 1.55. The zero-order valence-corrected chi connectivity index (χ0v) is 7.13. The predicted octanol–water partition coefficient (Wildman–Crippen LogP) is 3.01. The SMILES string of the molecule is CCC1(Cl)[CH]C(C)(C)C1. The first kappa shape index (κ1) is 7.40. The lowest BCUT2D eigenvalue weighted by atomic mass is 9.63. The van der Waals surface area contributed by atoms with Crippen LogP contribution < -0.4 is 0 Å². The van der Waals surface area contributed by atoms with Crippen molar-refractivity contribution >= 4 is 11.6 Å². The maximum Gasteiger partial charge on any atom is 0.0486 e. The topological polar surface area (TPSA) is 0 Å². The second-order valence-electron chi connectivity index (χ2n) is 3.70. The van der Waals surface area contributed by atoms with Gasteiger partial charge < -0.3 is 0 Å². The quantitative estimate of drug-likeness (QED) is 0.498. The minimum Gasteiger partial charge on any atom is -0.119 e. The number of hydrogen-bond donors (Lipinski definition) is 0. The minimum atomic E-state index is 0.0451. The average molecular weight is 146 g/mol. The summed E-state index contributed by atoms with van der Waals surface area (Å²) >= 11 is 6.12. The van der Waals surface area contributed by atoms with Crippen LogP contribution in [-0.2, 0) is 0 Å². The third-order valence-electron chi connectivity index (χ3n) is 1.99. The number of halogens is 1. The fraction of sp³-hybridized carbons (Fsp3) is 0.875. The van der Waals surface area contributed by atoms with Gasteiger partial charge in [0.15, 0.2) is 0 Å². The third kappa shape index (κ3) is 1.40. The van der Waals surface area contributed by atoms with Gasteiger partial charge in [-0.25, -0.2) is 0 Å². The summed E-state index contributed by atoms with van der Waals surface area (Å²) in [5.74, 6) is 0. The first-order valence-corrected chi connectivity index (χ1v) is 3.91. The molecule has 53 valence electrons. The summed E-state index contributed by atoms with van der Waals surface area (Å²) in [6.45, 7) is 6.59. The minimum absolute atomic E-state index is 0.0451. The zero-order valence-electron chi connectivity index (χ0n) is 6.37. The molecule has 1 saturated carbocycles. The van der Waals surface area contributed by atoms with Gasteiger partial charge in [0.1, 0.15) is 0 Å². The Hall–Kier alpha value is 0.290. The van der Waals surface area contributed by atoms with E-state index in [4.69, 9.17) is 11.6 Å². The van der Waals surface area contributed by atoms with Crippen molar-refractivity contribution < 1.29 is 0 Å². The Morgan fingerprint density at radius 1 is 1.56 bits per heavy atom. The molecule has 1 aliphatic rings. The van der Waals surface area contributed by atoms with Crippen LogP contribution in [0.1, 0.15) is 33.6 Å². The van der Waals surface area contributed by atoms with E-state index in [0.29, 0.717) is 5.41 Å². The van der Waals surface area contributed by atoms with Gasteiger partial charge in [0.2, 0.25) is 0 Å². The zero-order chi connectivity index (χ0) is 7.12. The summed E-state index contributed by atoms with van der Waals surface area (Å²) in [5, 5.41) is 0. The van der Waals surface area contributed by atoms with Crippen LogP contribution in [0.3, 0.4) is 0 Å². The Morgan fingerprint density at radius 3 is 2.11 bits per heavy atom. The molecular weight excluding hydrogens is 132 g/mol. The molecule has 0 bridgehead atoms. The largest absolute Gasteiger partial charge is 0.119 e. The van der Waals surface area contributed by atoms with Crippen LogP contribution in [0.4, 0.5) is 0 Å². The molecule has 0 heterocycles. The fourth-order valence-electron chi connectivity index (χ4n) is 1.66. The van der Waals surface area contributed by atoms with Crippen molar-refractivity contribution in [3.05, 3.63) is 6.42 Å². The van der Waals surface area contributed by atoms with Crippen LogP contribution in [0.15, 0.2) is 0 Å². The molecule has 0 amide bonds. The molecule has 0 saturated heterocycles. The van der Waals surface area contributed by atoms with Gasteiger partial charge in [-0.3, -0.25) is 0 Å². The molecule has 1 heteroatoms. The van der Waals surface area contributed by atoms with Crippen LogP contribution in [0.25, 0.3) is 0 Å². The summed E-state index contributed by atoms with van der Waals surface area (Å²) in [7, 11) is 0. The van der Waals surface area contributed by atoms with Crippen LogP contribution >= 0.6 is 11.6 Å². The van der Waals surface area contributed by atoms with E-state index in [1.807, 2.05) is 0 Å². The summed E-state index contributed by atoms with van der Waals surface area (Å²) in [6, 6.07) is 0. The molecule has 0 aromatic rings. The molecule has 0 N–H and O–H groups in total. The van der Waals surface area contributed by atoms with Gasteiger partial charge in [-0.1, -0.05) is 20.8 Å². The highest BCUT2D eigenvalue weighted by Gasteiger charge is 2.46. The molecular formula is C8H14Cl. The van der Waals surface area contributed by atoms with Gasteiger partial charge >= 0.3 is 0 Å². The Bertz CT molecular complexity index is 108. The second-order valence-corrected chi connectivity index (χ2v) is 4.45. The number of hydrogen-bond acceptors (Lipinski definition) is 0. The lowest BCUT2D eigenvalue weighted by Gasteiger charge is -2.48. The summed E-state index contributed by atoms with van der Waals surface area (Å²) in [6.07, 6.45) is 4.46. The van der Waals surface area contributed by atoms with Gasteiger partial charge in [-0.2, -0.15) is 0 Å². The van der Waals surface area contributed by atoms with Crippen molar-refractivity contribution in [1.29, 1.82) is 0 Å². The molecule has 1 aliphatic carbocycles. The standard InChI is InChI=1S/C8H14Cl/c1-4-8(9)5-7(2,3)6-8/h5H,4,6H2,1-3H3. The maximum atomic E-state index is 6.12. The number of alkyl halides is 1. The van der Waals surface area contributed by atoms with Crippen molar-refractivity contribution in [1.82, 2.24) is 0 Å². The van der Waals surface area contributed by atoms with E-state index in [9.17, 15) is 0 Å². The highest BCUT2D eigenvalue weighted by Crippen LogP contribution is 2.52. The van der Waals surface area contributed by atoms with E-state index >= 15 is 0 Å².